The number of rotatable bonds is 5. The van der Waals surface area contributed by atoms with Crippen molar-refractivity contribution in [2.75, 3.05) is 6.54 Å². The Hall–Kier alpha value is -0.960. The van der Waals surface area contributed by atoms with Crippen molar-refractivity contribution in [3.05, 3.63) is 29.8 Å². The predicted octanol–water partition coefficient (Wildman–Crippen LogP) is 2.90. The molecule has 1 aromatic carbocycles. The molecule has 0 saturated heterocycles. The minimum atomic E-state index is -0.0126. The summed E-state index contributed by atoms with van der Waals surface area (Å²) in [7, 11) is 0. The van der Waals surface area contributed by atoms with Crippen molar-refractivity contribution >= 4 is 18.5 Å². The summed E-state index contributed by atoms with van der Waals surface area (Å²) in [6.07, 6.45) is 5.11. The number of amides is 1. The molecule has 0 radical (unpaired) electrons. The van der Waals surface area contributed by atoms with E-state index in [1.54, 1.807) is 6.07 Å². The molecule has 1 aromatic rings. The number of carbonyl (C=O) groups is 1. The summed E-state index contributed by atoms with van der Waals surface area (Å²) in [5.41, 5.74) is 0.664. The number of nitrogens with one attached hydrogen (secondary N) is 1. The van der Waals surface area contributed by atoms with Gasteiger partial charge in [-0.25, -0.2) is 0 Å². The Morgan fingerprint density at radius 1 is 1.38 bits per heavy atom. The fourth-order valence-electron chi connectivity index (χ4n) is 1.76. The largest absolute Gasteiger partial charge is 0.352 e. The fraction of sp³-hybridized carbons (Fsp3) is 0.462. The van der Waals surface area contributed by atoms with Gasteiger partial charge >= 0.3 is 0 Å². The summed E-state index contributed by atoms with van der Waals surface area (Å²) in [5, 5.41) is 2.94. The molecule has 1 fully saturated rings. The van der Waals surface area contributed by atoms with Crippen LogP contribution in [-0.2, 0) is 0 Å². The molecule has 0 unspecified atom stereocenters. The van der Waals surface area contributed by atoms with E-state index in [4.69, 9.17) is 0 Å². The molecule has 1 N–H and O–H groups in total. The van der Waals surface area contributed by atoms with Gasteiger partial charge in [0.25, 0.3) is 5.91 Å². The van der Waals surface area contributed by atoms with Gasteiger partial charge in [0.2, 0.25) is 0 Å². The molecular formula is C13H17NOS. The van der Waals surface area contributed by atoms with Crippen molar-refractivity contribution in [3.63, 3.8) is 0 Å². The van der Waals surface area contributed by atoms with Gasteiger partial charge in [0.05, 0.1) is 5.56 Å². The van der Waals surface area contributed by atoms with Gasteiger partial charge in [0.15, 0.2) is 0 Å². The highest BCUT2D eigenvalue weighted by Crippen LogP contribution is 2.33. The third-order valence-corrected chi connectivity index (χ3v) is 3.31. The lowest BCUT2D eigenvalue weighted by atomic mass is 10.2. The zero-order chi connectivity index (χ0) is 11.4. The molecule has 0 heterocycles. The second-order valence-electron chi connectivity index (χ2n) is 4.36. The first-order valence-corrected chi connectivity index (χ1v) is 6.28. The van der Waals surface area contributed by atoms with Gasteiger partial charge in [0, 0.05) is 11.4 Å². The van der Waals surface area contributed by atoms with Crippen molar-refractivity contribution in [1.29, 1.82) is 0 Å². The Morgan fingerprint density at radius 3 is 2.81 bits per heavy atom. The van der Waals surface area contributed by atoms with Gasteiger partial charge in [0.1, 0.15) is 0 Å². The Morgan fingerprint density at radius 2 is 2.12 bits per heavy atom. The number of benzene rings is 1. The van der Waals surface area contributed by atoms with Gasteiger partial charge in [-0.15, -0.1) is 12.6 Å². The van der Waals surface area contributed by atoms with Crippen LogP contribution in [0, 0.1) is 5.92 Å². The molecule has 2 rings (SSSR count). The van der Waals surface area contributed by atoms with Crippen LogP contribution in [-0.4, -0.2) is 12.5 Å². The molecule has 3 heteroatoms. The van der Waals surface area contributed by atoms with Crippen LogP contribution in [0.4, 0.5) is 0 Å². The Bertz CT molecular complexity index is 374. The quantitative estimate of drug-likeness (QED) is 0.596. The topological polar surface area (TPSA) is 29.1 Å². The maximum Gasteiger partial charge on any atom is 0.252 e. The highest BCUT2D eigenvalue weighted by atomic mass is 32.1. The zero-order valence-corrected chi connectivity index (χ0v) is 10.2. The second kappa shape index (κ2) is 5.39. The molecule has 0 aromatic heterocycles. The van der Waals surface area contributed by atoms with E-state index in [9.17, 15) is 4.79 Å². The lowest BCUT2D eigenvalue weighted by Gasteiger charge is -2.06. The van der Waals surface area contributed by atoms with Crippen LogP contribution < -0.4 is 5.32 Å². The first-order chi connectivity index (χ1) is 7.77. The van der Waals surface area contributed by atoms with Crippen LogP contribution in [0.15, 0.2) is 29.2 Å². The van der Waals surface area contributed by atoms with Crippen LogP contribution in [0.2, 0.25) is 0 Å². The van der Waals surface area contributed by atoms with Crippen molar-refractivity contribution < 1.29 is 4.79 Å². The summed E-state index contributed by atoms with van der Waals surface area (Å²) in [6, 6.07) is 7.38. The van der Waals surface area contributed by atoms with Gasteiger partial charge in [-0.2, -0.15) is 0 Å². The Balaban J connectivity index is 1.76. The van der Waals surface area contributed by atoms with Gasteiger partial charge in [-0.1, -0.05) is 25.0 Å². The third-order valence-electron chi connectivity index (χ3n) is 2.92. The molecule has 0 spiro atoms. The third kappa shape index (κ3) is 3.27. The van der Waals surface area contributed by atoms with Crippen LogP contribution in [0.5, 0.6) is 0 Å². The lowest BCUT2D eigenvalue weighted by Crippen LogP contribution is -2.24. The number of hydrogen-bond donors (Lipinski definition) is 2. The molecule has 1 amide bonds. The molecule has 0 atom stereocenters. The molecule has 0 bridgehead atoms. The monoisotopic (exact) mass is 235 g/mol. The first-order valence-electron chi connectivity index (χ1n) is 5.83. The van der Waals surface area contributed by atoms with Crippen molar-refractivity contribution in [3.8, 4) is 0 Å². The Kier molecular flexibility index (Phi) is 3.88. The van der Waals surface area contributed by atoms with E-state index in [2.05, 4.69) is 17.9 Å². The van der Waals surface area contributed by atoms with Gasteiger partial charge < -0.3 is 5.32 Å². The average molecular weight is 235 g/mol. The Labute approximate surface area is 102 Å². The van der Waals surface area contributed by atoms with E-state index in [-0.39, 0.29) is 5.91 Å². The minimum absolute atomic E-state index is 0.0126. The predicted molar refractivity (Wildman–Crippen MR) is 68.0 cm³/mol. The lowest BCUT2D eigenvalue weighted by molar-refractivity contribution is 0.0950. The smallest absolute Gasteiger partial charge is 0.252 e. The molecule has 0 aliphatic heterocycles. The second-order valence-corrected chi connectivity index (χ2v) is 4.84. The standard InChI is InChI=1S/C13H17NOS/c15-13(11-5-1-2-6-12(11)16)14-9-3-4-10-7-8-10/h1-2,5-6,10,16H,3-4,7-9H2,(H,14,15). The van der Waals surface area contributed by atoms with E-state index in [1.165, 1.54) is 19.3 Å². The molecule has 1 saturated carbocycles. The van der Waals surface area contributed by atoms with E-state index in [1.807, 2.05) is 18.2 Å². The SMILES string of the molecule is O=C(NCCCC1CC1)c1ccccc1S. The summed E-state index contributed by atoms with van der Waals surface area (Å²) in [6.45, 7) is 0.775. The zero-order valence-electron chi connectivity index (χ0n) is 9.28. The normalized spacial score (nSPS) is 14.8. The summed E-state index contributed by atoms with van der Waals surface area (Å²) in [5.74, 6) is 0.926. The maximum absolute atomic E-state index is 11.8. The molecule has 2 nitrogen and oxygen atoms in total. The van der Waals surface area contributed by atoms with Gasteiger partial charge in [-0.05, 0) is 30.9 Å². The van der Waals surface area contributed by atoms with Crippen molar-refractivity contribution in [2.24, 2.45) is 5.92 Å². The van der Waals surface area contributed by atoms with E-state index < -0.39 is 0 Å². The van der Waals surface area contributed by atoms with Crippen LogP contribution in [0.25, 0.3) is 0 Å². The van der Waals surface area contributed by atoms with Crippen molar-refractivity contribution in [2.45, 2.75) is 30.6 Å². The summed E-state index contributed by atoms with van der Waals surface area (Å²) < 4.78 is 0. The maximum atomic E-state index is 11.8. The first kappa shape index (κ1) is 11.5. The molecular weight excluding hydrogens is 218 g/mol. The minimum Gasteiger partial charge on any atom is -0.352 e. The number of thiol groups is 1. The average Bonchev–Trinajstić information content (AvgIpc) is 3.08. The van der Waals surface area contributed by atoms with Crippen LogP contribution >= 0.6 is 12.6 Å². The highest BCUT2D eigenvalue weighted by Gasteiger charge is 2.20. The molecule has 86 valence electrons. The van der Waals surface area contributed by atoms with E-state index in [0.717, 1.165) is 23.8 Å². The molecule has 1 aliphatic carbocycles. The summed E-state index contributed by atoms with van der Waals surface area (Å²) in [4.78, 5) is 12.5. The number of carbonyl (C=O) groups excluding carboxylic acids is 1. The fourth-order valence-corrected chi connectivity index (χ4v) is 2.02. The van der Waals surface area contributed by atoms with Crippen molar-refractivity contribution in [1.82, 2.24) is 5.32 Å². The number of hydrogen-bond acceptors (Lipinski definition) is 2. The van der Waals surface area contributed by atoms with E-state index in [0.29, 0.717) is 5.56 Å². The highest BCUT2D eigenvalue weighted by molar-refractivity contribution is 7.80. The van der Waals surface area contributed by atoms with Gasteiger partial charge in [-0.3, -0.25) is 4.79 Å². The molecule has 1 aliphatic rings. The van der Waals surface area contributed by atoms with E-state index >= 15 is 0 Å². The van der Waals surface area contributed by atoms with Crippen LogP contribution in [0.3, 0.4) is 0 Å². The summed E-state index contributed by atoms with van der Waals surface area (Å²) >= 11 is 4.26. The van der Waals surface area contributed by atoms with Crippen LogP contribution in [0.1, 0.15) is 36.0 Å². The molecule has 16 heavy (non-hydrogen) atoms.